The van der Waals surface area contributed by atoms with Crippen molar-refractivity contribution in [2.75, 3.05) is 24.9 Å². The van der Waals surface area contributed by atoms with Crippen LogP contribution in [-0.2, 0) is 11.2 Å². The monoisotopic (exact) mass is 328 g/mol. The number of rotatable bonds is 7. The van der Waals surface area contributed by atoms with Gasteiger partial charge >= 0.3 is 0 Å². The first kappa shape index (κ1) is 17.7. The van der Waals surface area contributed by atoms with E-state index in [1.165, 1.54) is 5.56 Å². The minimum absolute atomic E-state index is 0.150. The van der Waals surface area contributed by atoms with Crippen molar-refractivity contribution < 1.29 is 14.3 Å². The first-order chi connectivity index (χ1) is 11.6. The van der Waals surface area contributed by atoms with E-state index < -0.39 is 6.04 Å². The maximum atomic E-state index is 12.5. The summed E-state index contributed by atoms with van der Waals surface area (Å²) in [6.07, 6.45) is 0.955. The third-order valence-electron chi connectivity index (χ3n) is 3.78. The van der Waals surface area contributed by atoms with Crippen LogP contribution in [0, 0.1) is 0 Å². The lowest BCUT2D eigenvalue weighted by molar-refractivity contribution is -0.116. The summed E-state index contributed by atoms with van der Waals surface area (Å²) in [5, 5.41) is 6.10. The van der Waals surface area contributed by atoms with E-state index in [0.29, 0.717) is 17.2 Å². The number of benzene rings is 2. The molecule has 128 valence electrons. The van der Waals surface area contributed by atoms with Gasteiger partial charge in [0, 0.05) is 11.8 Å². The Balaban J connectivity index is 2.08. The smallest absolute Gasteiger partial charge is 0.246 e. The summed E-state index contributed by atoms with van der Waals surface area (Å²) in [4.78, 5) is 12.5. The lowest BCUT2D eigenvalue weighted by atomic mass is 10.1. The third kappa shape index (κ3) is 4.41. The van der Waals surface area contributed by atoms with Gasteiger partial charge < -0.3 is 20.1 Å². The van der Waals surface area contributed by atoms with Crippen molar-refractivity contribution >= 4 is 17.3 Å². The highest BCUT2D eigenvalue weighted by molar-refractivity contribution is 5.97. The largest absolute Gasteiger partial charge is 0.497 e. The molecule has 5 nitrogen and oxygen atoms in total. The second-order valence-electron chi connectivity index (χ2n) is 5.48. The predicted octanol–water partition coefficient (Wildman–Crippen LogP) is 3.71. The molecule has 0 fully saturated rings. The molecule has 0 aromatic heterocycles. The molecule has 1 amide bonds. The molecular weight excluding hydrogens is 304 g/mol. The SMILES string of the molecule is CCc1cccc(NC(C)C(=O)Nc2cc(OC)ccc2OC)c1. The molecule has 2 aromatic rings. The van der Waals surface area contributed by atoms with Crippen LogP contribution in [0.5, 0.6) is 11.5 Å². The lowest BCUT2D eigenvalue weighted by Gasteiger charge is -2.17. The molecule has 0 spiro atoms. The molecule has 0 radical (unpaired) electrons. The van der Waals surface area contributed by atoms with Crippen molar-refractivity contribution in [2.45, 2.75) is 26.3 Å². The second kappa shape index (κ2) is 8.24. The van der Waals surface area contributed by atoms with E-state index in [0.717, 1.165) is 12.1 Å². The number of anilines is 2. The fraction of sp³-hybridized carbons (Fsp3) is 0.316. The zero-order chi connectivity index (χ0) is 17.5. The molecule has 0 bridgehead atoms. The Morgan fingerprint density at radius 2 is 1.92 bits per heavy atom. The van der Waals surface area contributed by atoms with Gasteiger partial charge in [0.05, 0.1) is 19.9 Å². The maximum Gasteiger partial charge on any atom is 0.246 e. The topological polar surface area (TPSA) is 59.6 Å². The molecule has 0 aliphatic carbocycles. The molecule has 2 rings (SSSR count). The van der Waals surface area contributed by atoms with Crippen molar-refractivity contribution in [3.8, 4) is 11.5 Å². The summed E-state index contributed by atoms with van der Waals surface area (Å²) in [6.45, 7) is 3.92. The van der Waals surface area contributed by atoms with Gasteiger partial charge in [0.2, 0.25) is 5.91 Å². The van der Waals surface area contributed by atoms with E-state index in [1.807, 2.05) is 19.1 Å². The van der Waals surface area contributed by atoms with Gasteiger partial charge in [-0.05, 0) is 43.2 Å². The van der Waals surface area contributed by atoms with Gasteiger partial charge in [-0.3, -0.25) is 4.79 Å². The molecule has 0 heterocycles. The number of methoxy groups -OCH3 is 2. The number of hydrogen-bond acceptors (Lipinski definition) is 4. The number of ether oxygens (including phenoxy) is 2. The van der Waals surface area contributed by atoms with E-state index in [-0.39, 0.29) is 5.91 Å². The van der Waals surface area contributed by atoms with Crippen LogP contribution in [0.3, 0.4) is 0 Å². The second-order valence-corrected chi connectivity index (χ2v) is 5.48. The van der Waals surface area contributed by atoms with Gasteiger partial charge in [0.1, 0.15) is 17.5 Å². The molecule has 24 heavy (non-hydrogen) atoms. The summed E-state index contributed by atoms with van der Waals surface area (Å²) >= 11 is 0. The highest BCUT2D eigenvalue weighted by Crippen LogP contribution is 2.29. The zero-order valence-corrected chi connectivity index (χ0v) is 14.6. The van der Waals surface area contributed by atoms with Crippen LogP contribution in [0.15, 0.2) is 42.5 Å². The summed E-state index contributed by atoms with van der Waals surface area (Å²) in [6, 6.07) is 12.9. The fourth-order valence-electron chi connectivity index (χ4n) is 2.35. The Hall–Kier alpha value is -2.69. The van der Waals surface area contributed by atoms with Gasteiger partial charge in [0.15, 0.2) is 0 Å². The van der Waals surface area contributed by atoms with Crippen LogP contribution in [0.4, 0.5) is 11.4 Å². The van der Waals surface area contributed by atoms with E-state index in [1.54, 1.807) is 32.4 Å². The third-order valence-corrected chi connectivity index (χ3v) is 3.78. The molecule has 2 aromatic carbocycles. The van der Waals surface area contributed by atoms with E-state index in [9.17, 15) is 4.79 Å². The van der Waals surface area contributed by atoms with Crippen LogP contribution in [0.1, 0.15) is 19.4 Å². The van der Waals surface area contributed by atoms with Crippen molar-refractivity contribution in [1.29, 1.82) is 0 Å². The first-order valence-corrected chi connectivity index (χ1v) is 7.95. The van der Waals surface area contributed by atoms with E-state index >= 15 is 0 Å². The van der Waals surface area contributed by atoms with Crippen LogP contribution >= 0.6 is 0 Å². The minimum Gasteiger partial charge on any atom is -0.497 e. The Morgan fingerprint density at radius 1 is 1.12 bits per heavy atom. The molecule has 0 saturated carbocycles. The van der Waals surface area contributed by atoms with Gasteiger partial charge in [-0.2, -0.15) is 0 Å². The number of carbonyl (C=O) groups excluding carboxylic acids is 1. The minimum atomic E-state index is -0.395. The number of aryl methyl sites for hydroxylation is 1. The van der Waals surface area contributed by atoms with Crippen LogP contribution in [0.2, 0.25) is 0 Å². The highest BCUT2D eigenvalue weighted by Gasteiger charge is 2.15. The van der Waals surface area contributed by atoms with Crippen LogP contribution in [0.25, 0.3) is 0 Å². The van der Waals surface area contributed by atoms with Crippen molar-refractivity contribution in [3.63, 3.8) is 0 Å². The zero-order valence-electron chi connectivity index (χ0n) is 14.6. The van der Waals surface area contributed by atoms with Gasteiger partial charge in [-0.25, -0.2) is 0 Å². The average molecular weight is 328 g/mol. The molecule has 1 atom stereocenters. The molecule has 0 aliphatic heterocycles. The Morgan fingerprint density at radius 3 is 2.58 bits per heavy atom. The van der Waals surface area contributed by atoms with E-state index in [4.69, 9.17) is 9.47 Å². The fourth-order valence-corrected chi connectivity index (χ4v) is 2.35. The Bertz CT molecular complexity index is 701. The number of nitrogens with one attached hydrogen (secondary N) is 2. The average Bonchev–Trinajstić information content (AvgIpc) is 2.61. The summed E-state index contributed by atoms with van der Waals surface area (Å²) in [5.74, 6) is 1.09. The van der Waals surface area contributed by atoms with Gasteiger partial charge in [-0.1, -0.05) is 19.1 Å². The predicted molar refractivity (Wildman–Crippen MR) is 97.1 cm³/mol. The van der Waals surface area contributed by atoms with Gasteiger partial charge in [-0.15, -0.1) is 0 Å². The summed E-state index contributed by atoms with van der Waals surface area (Å²) in [7, 11) is 3.15. The maximum absolute atomic E-state index is 12.5. The number of amides is 1. The quantitative estimate of drug-likeness (QED) is 0.813. The normalized spacial score (nSPS) is 11.5. The molecule has 5 heteroatoms. The molecule has 0 aliphatic rings. The van der Waals surface area contributed by atoms with Crippen LogP contribution < -0.4 is 20.1 Å². The molecule has 0 saturated heterocycles. The Kier molecular flexibility index (Phi) is 6.07. The van der Waals surface area contributed by atoms with Crippen molar-refractivity contribution in [1.82, 2.24) is 0 Å². The van der Waals surface area contributed by atoms with Crippen molar-refractivity contribution in [3.05, 3.63) is 48.0 Å². The molecule has 1 unspecified atom stereocenters. The van der Waals surface area contributed by atoms with Crippen LogP contribution in [-0.4, -0.2) is 26.2 Å². The first-order valence-electron chi connectivity index (χ1n) is 7.95. The Labute approximate surface area is 143 Å². The highest BCUT2D eigenvalue weighted by atomic mass is 16.5. The molecular formula is C19H24N2O3. The number of carbonyl (C=O) groups is 1. The molecule has 2 N–H and O–H groups in total. The number of hydrogen-bond donors (Lipinski definition) is 2. The van der Waals surface area contributed by atoms with Crippen molar-refractivity contribution in [2.24, 2.45) is 0 Å². The lowest BCUT2D eigenvalue weighted by Crippen LogP contribution is -2.32. The standard InChI is InChI=1S/C19H24N2O3/c1-5-14-7-6-8-15(11-14)20-13(2)19(22)21-17-12-16(23-3)9-10-18(17)24-4/h6-13,20H,5H2,1-4H3,(H,21,22). The summed E-state index contributed by atoms with van der Waals surface area (Å²) in [5.41, 5.74) is 2.73. The summed E-state index contributed by atoms with van der Waals surface area (Å²) < 4.78 is 10.5. The van der Waals surface area contributed by atoms with Gasteiger partial charge in [0.25, 0.3) is 0 Å². The van der Waals surface area contributed by atoms with E-state index in [2.05, 4.69) is 29.7 Å².